The second-order valence-corrected chi connectivity index (χ2v) is 31.6. The summed E-state index contributed by atoms with van der Waals surface area (Å²) in [5.74, 6) is -7.85. The van der Waals surface area contributed by atoms with E-state index in [0.717, 1.165) is 147 Å². The number of aryl methyl sites for hydroxylation is 1. The maximum Gasteiger partial charge on any atom is 0.326 e. The number of imidazole rings is 1. The van der Waals surface area contributed by atoms with Gasteiger partial charge in [-0.05, 0) is 90.4 Å². The standard InChI is InChI=1S/C89H152N8O27/c1-70(98)71(32-26-28-46-91-84(107)67-124-61-57-120-53-49-94-85(108)68-123-60-54-117-50-30-34-74(99)42-43-77(88(113)114)96-81(104)36-22-18-14-10-6-2-4-8-12-16-20-24-38-86(109)110)63-79(102)72(62-75(100)41-40-73-64-90-69-95-73)33-27-29-47-92-83(106)66-122-59-55-118-51-31-35-76(101)65-121-58-56-119-52-48-93-80(103)45-44-78(89(115)116)97-82(105)37-23-19-15-11-7-3-5-9-13-17-21-25-39-87(111)112/h64,69,71-72,77-78H,2-63,65-68H2,1H3,(H,90,95)(H,91,107)(H,92,106)(H,93,103)(H,94,108)(H,96,104)(H,97,105)(H,109,110)(H,111,112)(H,113,114)(H,115,116)/t71-,72-,77+,78+/m1/s1. The number of aliphatic carboxylic acids is 4. The number of hydrogen-bond acceptors (Lipinski definition) is 24. The summed E-state index contributed by atoms with van der Waals surface area (Å²) in [5, 5.41) is 52.6. The van der Waals surface area contributed by atoms with E-state index in [0.29, 0.717) is 90.3 Å². The first-order valence-electron chi connectivity index (χ1n) is 45.7. The second-order valence-electron chi connectivity index (χ2n) is 31.6. The van der Waals surface area contributed by atoms with Crippen LogP contribution in [0.1, 0.15) is 302 Å². The third kappa shape index (κ3) is 74.2. The Balaban J connectivity index is 2.15. The molecule has 710 valence electrons. The highest BCUT2D eigenvalue weighted by molar-refractivity contribution is 5.91. The summed E-state index contributed by atoms with van der Waals surface area (Å²) < 4.78 is 43.6. The molecule has 0 fully saturated rings. The maximum absolute atomic E-state index is 13.8. The Morgan fingerprint density at radius 3 is 1.08 bits per heavy atom. The van der Waals surface area contributed by atoms with Crippen molar-refractivity contribution in [1.82, 2.24) is 41.9 Å². The van der Waals surface area contributed by atoms with Gasteiger partial charge in [-0.25, -0.2) is 14.6 Å². The minimum atomic E-state index is -1.21. The fraction of sp³-hybridized carbons (Fsp3) is 0.798. The molecule has 0 radical (unpaired) electrons. The first-order valence-corrected chi connectivity index (χ1v) is 45.7. The van der Waals surface area contributed by atoms with Crippen LogP contribution in [0.3, 0.4) is 0 Å². The number of rotatable bonds is 93. The highest BCUT2D eigenvalue weighted by Crippen LogP contribution is 2.24. The van der Waals surface area contributed by atoms with Crippen LogP contribution in [-0.4, -0.2) is 263 Å². The number of unbranched alkanes of at least 4 members (excludes halogenated alkanes) is 24. The van der Waals surface area contributed by atoms with Crippen molar-refractivity contribution >= 4 is 88.2 Å². The van der Waals surface area contributed by atoms with Gasteiger partial charge >= 0.3 is 23.9 Å². The first-order chi connectivity index (χ1) is 59.9. The molecule has 0 aromatic carbocycles. The Hall–Kier alpha value is -8.06. The average Bonchev–Trinajstić information content (AvgIpc) is 1.36. The summed E-state index contributed by atoms with van der Waals surface area (Å²) in [6.45, 7) is 4.00. The topological polar surface area (TPSA) is 512 Å². The van der Waals surface area contributed by atoms with E-state index in [-0.39, 0.29) is 260 Å². The predicted octanol–water partition coefficient (Wildman–Crippen LogP) is 9.51. The summed E-state index contributed by atoms with van der Waals surface area (Å²) in [7, 11) is 0. The van der Waals surface area contributed by atoms with Crippen molar-refractivity contribution in [3.63, 3.8) is 0 Å². The third-order valence-corrected chi connectivity index (χ3v) is 20.6. The number of amides is 6. The molecule has 6 amide bonds. The summed E-state index contributed by atoms with van der Waals surface area (Å²) in [6, 6.07) is -2.32. The van der Waals surface area contributed by atoms with E-state index in [1.165, 1.54) is 13.3 Å². The fourth-order valence-electron chi connectivity index (χ4n) is 13.3. The average molecular weight is 1770 g/mol. The fourth-order valence-corrected chi connectivity index (χ4v) is 13.3. The maximum atomic E-state index is 13.8. The monoisotopic (exact) mass is 1770 g/mol. The van der Waals surface area contributed by atoms with E-state index < -0.39 is 47.8 Å². The molecule has 0 unspecified atom stereocenters. The Morgan fingerprint density at radius 2 is 0.677 bits per heavy atom. The second kappa shape index (κ2) is 80.7. The molecule has 1 aromatic heterocycles. The van der Waals surface area contributed by atoms with Crippen molar-refractivity contribution < 1.29 is 130 Å². The van der Waals surface area contributed by atoms with Gasteiger partial charge in [-0.1, -0.05) is 141 Å². The molecule has 0 aliphatic carbocycles. The lowest BCUT2D eigenvalue weighted by Crippen LogP contribution is -2.41. The summed E-state index contributed by atoms with van der Waals surface area (Å²) >= 11 is 0. The molecule has 0 aliphatic heterocycles. The predicted molar refractivity (Wildman–Crippen MR) is 461 cm³/mol. The van der Waals surface area contributed by atoms with Gasteiger partial charge in [-0.2, -0.15) is 0 Å². The number of carboxylic acids is 4. The molecule has 1 aromatic rings. The minimum absolute atomic E-state index is 0.000623. The molecule has 1 heterocycles. The molecular formula is C89H152N8O27. The molecule has 11 N–H and O–H groups in total. The van der Waals surface area contributed by atoms with Crippen molar-refractivity contribution in [2.45, 2.75) is 314 Å². The molecule has 0 spiro atoms. The zero-order valence-electron chi connectivity index (χ0n) is 74.3. The number of H-pyrrole nitrogens is 1. The lowest BCUT2D eigenvalue weighted by atomic mass is 9.84. The Labute approximate surface area is 733 Å². The number of Topliss-reactive ketones (excluding diaryl/α,β-unsaturated/α-hetero) is 5. The largest absolute Gasteiger partial charge is 0.481 e. The molecule has 4 atom stereocenters. The summed E-state index contributed by atoms with van der Waals surface area (Å²) in [6.07, 6.45) is 33.0. The molecule has 0 saturated carbocycles. The zero-order chi connectivity index (χ0) is 90.9. The number of ketones is 5. The Morgan fingerprint density at radius 1 is 0.315 bits per heavy atom. The number of nitrogens with zero attached hydrogens (tertiary/aromatic N) is 1. The van der Waals surface area contributed by atoms with Gasteiger partial charge in [0.2, 0.25) is 35.4 Å². The van der Waals surface area contributed by atoms with Gasteiger partial charge < -0.3 is 95.2 Å². The molecule has 0 saturated heterocycles. The number of aromatic nitrogens is 2. The molecular weight excluding hydrogens is 1610 g/mol. The van der Waals surface area contributed by atoms with Gasteiger partial charge in [0, 0.05) is 134 Å². The zero-order valence-corrected chi connectivity index (χ0v) is 74.3. The van der Waals surface area contributed by atoms with Crippen LogP contribution in [0.25, 0.3) is 0 Å². The van der Waals surface area contributed by atoms with E-state index in [2.05, 4.69) is 41.9 Å². The van der Waals surface area contributed by atoms with Gasteiger partial charge in [0.15, 0.2) is 5.78 Å². The number of nitrogens with one attached hydrogen (secondary N) is 7. The van der Waals surface area contributed by atoms with Crippen LogP contribution in [0, 0.1) is 11.8 Å². The molecule has 35 heteroatoms. The normalized spacial score (nSPS) is 12.2. The Kier molecular flexibility index (Phi) is 74.2. The van der Waals surface area contributed by atoms with E-state index in [9.17, 15) is 82.1 Å². The number of ether oxygens (including phenoxy) is 8. The number of hydrogen-bond donors (Lipinski definition) is 11. The smallest absolute Gasteiger partial charge is 0.326 e. The summed E-state index contributed by atoms with van der Waals surface area (Å²) in [5.41, 5.74) is 0.792. The van der Waals surface area contributed by atoms with Crippen molar-refractivity contribution in [2.75, 3.05) is 132 Å². The molecule has 0 aliphatic rings. The Bertz CT molecular complexity index is 3070. The van der Waals surface area contributed by atoms with Crippen molar-refractivity contribution in [2.24, 2.45) is 11.8 Å². The number of aromatic amines is 1. The van der Waals surface area contributed by atoms with E-state index in [1.54, 1.807) is 6.20 Å². The van der Waals surface area contributed by atoms with Crippen LogP contribution in [0.2, 0.25) is 0 Å². The lowest BCUT2D eigenvalue weighted by molar-refractivity contribution is -0.142. The van der Waals surface area contributed by atoms with Gasteiger partial charge in [-0.3, -0.25) is 62.3 Å². The number of carboxylic acid groups (broad SMARTS) is 4. The van der Waals surface area contributed by atoms with Crippen LogP contribution in [0.4, 0.5) is 0 Å². The molecule has 35 nitrogen and oxygen atoms in total. The quantitative estimate of drug-likeness (QED) is 0.0270. The van der Waals surface area contributed by atoms with Crippen LogP contribution >= 0.6 is 0 Å². The van der Waals surface area contributed by atoms with Crippen LogP contribution in [-0.2, 0) is 116 Å². The van der Waals surface area contributed by atoms with Crippen molar-refractivity contribution in [1.29, 1.82) is 0 Å². The molecule has 1 rings (SSSR count). The molecule has 124 heavy (non-hydrogen) atoms. The number of carbonyl (C=O) groups excluding carboxylic acids is 11. The van der Waals surface area contributed by atoms with E-state index in [4.69, 9.17) is 48.1 Å². The van der Waals surface area contributed by atoms with Gasteiger partial charge in [0.1, 0.15) is 61.6 Å². The lowest BCUT2D eigenvalue weighted by Gasteiger charge is -2.19. The highest BCUT2D eigenvalue weighted by Gasteiger charge is 2.28. The van der Waals surface area contributed by atoms with Crippen molar-refractivity contribution in [3.05, 3.63) is 18.2 Å². The summed E-state index contributed by atoms with van der Waals surface area (Å²) in [4.78, 5) is 191. The highest BCUT2D eigenvalue weighted by atomic mass is 16.5. The van der Waals surface area contributed by atoms with Gasteiger partial charge in [0.05, 0.1) is 72.4 Å². The SMILES string of the molecule is CC(=O)[C@H](CCCCNC(=O)COCCOCCNC(=O)COCCOCCCC(=O)CC[C@H](NC(=O)CCCCCCCCCCCCCCC(=O)O)C(=O)O)CC(=O)[C@H](CCCCNC(=O)COCCOCCCC(=O)COCCOCCNC(=O)CC[C@H](NC(=O)CCCCCCCCCCCCCCC(=O)O)C(=O)O)CC(=O)CCc1cnc[nH]1. The van der Waals surface area contributed by atoms with Crippen LogP contribution in [0.5, 0.6) is 0 Å². The van der Waals surface area contributed by atoms with Crippen LogP contribution in [0.15, 0.2) is 12.5 Å². The third-order valence-electron chi connectivity index (χ3n) is 20.6. The number of carbonyl (C=O) groups is 15. The van der Waals surface area contributed by atoms with Crippen LogP contribution < -0.4 is 31.9 Å². The van der Waals surface area contributed by atoms with Crippen molar-refractivity contribution in [3.8, 4) is 0 Å². The van der Waals surface area contributed by atoms with E-state index in [1.807, 2.05) is 0 Å². The minimum Gasteiger partial charge on any atom is -0.481 e. The molecule has 0 bridgehead atoms. The first kappa shape index (κ1) is 114. The van der Waals surface area contributed by atoms with E-state index >= 15 is 0 Å². The van der Waals surface area contributed by atoms with Gasteiger partial charge in [0.25, 0.3) is 0 Å². The van der Waals surface area contributed by atoms with Gasteiger partial charge in [-0.15, -0.1) is 0 Å².